The average molecular weight is 475 g/mol. The number of halogens is 1. The van der Waals surface area contributed by atoms with E-state index in [0.29, 0.717) is 51.6 Å². The smallest absolute Gasteiger partial charge is 0.161 e. The van der Waals surface area contributed by atoms with Gasteiger partial charge in [0, 0.05) is 45.8 Å². The number of aliphatic hydroxyl groups is 1. The van der Waals surface area contributed by atoms with Crippen LogP contribution >= 0.6 is 0 Å². The first kappa shape index (κ1) is 24.7. The molecule has 2 aliphatic rings. The number of anilines is 1. The Bertz CT molecular complexity index is 910. The molecule has 2 saturated heterocycles. The van der Waals surface area contributed by atoms with E-state index in [2.05, 4.69) is 15.2 Å². The molecule has 2 N–H and O–H groups in total. The van der Waals surface area contributed by atoms with E-state index in [0.717, 1.165) is 49.9 Å². The van der Waals surface area contributed by atoms with Crippen molar-refractivity contribution in [1.29, 1.82) is 0 Å². The van der Waals surface area contributed by atoms with Crippen molar-refractivity contribution >= 4 is 5.82 Å². The summed E-state index contributed by atoms with van der Waals surface area (Å²) >= 11 is 0. The molecule has 0 amide bonds. The summed E-state index contributed by atoms with van der Waals surface area (Å²) in [6.07, 6.45) is 1.83. The molecule has 34 heavy (non-hydrogen) atoms. The molecule has 186 valence electrons. The van der Waals surface area contributed by atoms with Crippen LogP contribution in [0.15, 0.2) is 36.5 Å². The molecule has 2 aromatic rings. The maximum absolute atomic E-state index is 13.1. The van der Waals surface area contributed by atoms with E-state index in [-0.39, 0.29) is 5.82 Å². The molecule has 1 aromatic heterocycles. The molecule has 0 unspecified atom stereocenters. The molecule has 8 nitrogen and oxygen atoms in total. The number of ether oxygens (including phenoxy) is 3. The Morgan fingerprint density at radius 2 is 2.00 bits per heavy atom. The fraction of sp³-hybridized carbons (Fsp3) is 0.560. The van der Waals surface area contributed by atoms with Gasteiger partial charge in [-0.3, -0.25) is 4.90 Å². The van der Waals surface area contributed by atoms with Gasteiger partial charge in [-0.1, -0.05) is 6.07 Å². The number of aromatic nitrogens is 1. The van der Waals surface area contributed by atoms with Crippen molar-refractivity contribution in [2.75, 3.05) is 70.6 Å². The SMILES string of the molecule is CCOc1cc(CNC[C@@]2(O)CCN(c3ccc(F)cn3)C2)ccc1OCCN1CCOCC1. The zero-order chi connectivity index (χ0) is 23.8. The van der Waals surface area contributed by atoms with Crippen LogP contribution < -0.4 is 19.7 Å². The van der Waals surface area contributed by atoms with Crippen molar-refractivity contribution in [3.8, 4) is 11.5 Å². The van der Waals surface area contributed by atoms with E-state index in [1.807, 2.05) is 30.0 Å². The van der Waals surface area contributed by atoms with Gasteiger partial charge in [-0.25, -0.2) is 9.37 Å². The minimum atomic E-state index is -0.860. The summed E-state index contributed by atoms with van der Waals surface area (Å²) in [6, 6.07) is 9.01. The van der Waals surface area contributed by atoms with Crippen LogP contribution in [0.25, 0.3) is 0 Å². The van der Waals surface area contributed by atoms with Gasteiger partial charge < -0.3 is 29.5 Å². The average Bonchev–Trinajstić information content (AvgIpc) is 3.24. The molecule has 0 saturated carbocycles. The largest absolute Gasteiger partial charge is 0.490 e. The van der Waals surface area contributed by atoms with Crippen LogP contribution in [-0.2, 0) is 11.3 Å². The molecule has 2 aliphatic heterocycles. The van der Waals surface area contributed by atoms with Gasteiger partial charge in [0.15, 0.2) is 11.5 Å². The second-order valence-corrected chi connectivity index (χ2v) is 8.85. The number of β-amino-alcohol motifs (C(OH)–C–C–N with tert-alkyl or cyclic N) is 1. The fourth-order valence-electron chi connectivity index (χ4n) is 4.35. The number of morpholine rings is 1. The van der Waals surface area contributed by atoms with Crippen molar-refractivity contribution in [3.63, 3.8) is 0 Å². The molecule has 0 spiro atoms. The summed E-state index contributed by atoms with van der Waals surface area (Å²) < 4.78 is 30.3. The number of nitrogens with zero attached hydrogens (tertiary/aromatic N) is 3. The predicted octanol–water partition coefficient (Wildman–Crippen LogP) is 2.06. The minimum Gasteiger partial charge on any atom is -0.490 e. The van der Waals surface area contributed by atoms with Crippen molar-refractivity contribution in [2.24, 2.45) is 0 Å². The minimum absolute atomic E-state index is 0.361. The summed E-state index contributed by atoms with van der Waals surface area (Å²) in [7, 11) is 0. The Hall–Kier alpha value is -2.46. The third kappa shape index (κ3) is 6.79. The van der Waals surface area contributed by atoms with Crippen LogP contribution in [0.2, 0.25) is 0 Å². The third-order valence-electron chi connectivity index (χ3n) is 6.23. The van der Waals surface area contributed by atoms with Crippen molar-refractivity contribution < 1.29 is 23.7 Å². The molecule has 1 atom stereocenters. The first-order valence-electron chi connectivity index (χ1n) is 12.0. The summed E-state index contributed by atoms with van der Waals surface area (Å²) in [4.78, 5) is 8.44. The van der Waals surface area contributed by atoms with Crippen LogP contribution in [0.4, 0.5) is 10.2 Å². The van der Waals surface area contributed by atoms with Crippen molar-refractivity contribution in [3.05, 3.63) is 47.9 Å². The lowest BCUT2D eigenvalue weighted by molar-refractivity contribution is 0.0320. The van der Waals surface area contributed by atoms with Crippen molar-refractivity contribution in [1.82, 2.24) is 15.2 Å². The Morgan fingerprint density at radius 1 is 1.15 bits per heavy atom. The zero-order valence-electron chi connectivity index (χ0n) is 19.8. The van der Waals surface area contributed by atoms with Gasteiger partial charge in [-0.2, -0.15) is 0 Å². The van der Waals surface area contributed by atoms with Crippen LogP contribution in [-0.4, -0.2) is 86.3 Å². The molecule has 0 aliphatic carbocycles. The highest BCUT2D eigenvalue weighted by Gasteiger charge is 2.36. The maximum Gasteiger partial charge on any atom is 0.161 e. The highest BCUT2D eigenvalue weighted by atomic mass is 19.1. The van der Waals surface area contributed by atoms with Gasteiger partial charge in [0.2, 0.25) is 0 Å². The number of rotatable bonds is 11. The number of pyridine rings is 1. The second-order valence-electron chi connectivity index (χ2n) is 8.85. The van der Waals surface area contributed by atoms with Crippen molar-refractivity contribution in [2.45, 2.75) is 25.5 Å². The molecule has 9 heteroatoms. The normalized spacial score (nSPS) is 21.1. The summed E-state index contributed by atoms with van der Waals surface area (Å²) in [6.45, 7) is 9.62. The molecular formula is C25H35FN4O4. The van der Waals surface area contributed by atoms with Crippen LogP contribution in [0.5, 0.6) is 11.5 Å². The number of nitrogens with one attached hydrogen (secondary N) is 1. The Kier molecular flexibility index (Phi) is 8.55. The molecule has 1 aromatic carbocycles. The monoisotopic (exact) mass is 474 g/mol. The van der Waals surface area contributed by atoms with E-state index in [9.17, 15) is 9.50 Å². The fourth-order valence-corrected chi connectivity index (χ4v) is 4.35. The topological polar surface area (TPSA) is 79.3 Å². The molecule has 4 rings (SSSR count). The van der Waals surface area contributed by atoms with Crippen LogP contribution in [0, 0.1) is 5.82 Å². The number of hydrogen-bond donors (Lipinski definition) is 2. The maximum atomic E-state index is 13.1. The Balaban J connectivity index is 1.26. The highest BCUT2D eigenvalue weighted by Crippen LogP contribution is 2.29. The van der Waals surface area contributed by atoms with Gasteiger partial charge in [-0.15, -0.1) is 0 Å². The highest BCUT2D eigenvalue weighted by molar-refractivity contribution is 5.43. The summed E-state index contributed by atoms with van der Waals surface area (Å²) in [5.74, 6) is 1.80. The molecule has 2 fully saturated rings. The lowest BCUT2D eigenvalue weighted by Crippen LogP contribution is -2.43. The number of benzene rings is 1. The van der Waals surface area contributed by atoms with E-state index < -0.39 is 5.60 Å². The predicted molar refractivity (Wildman–Crippen MR) is 128 cm³/mol. The molecule has 3 heterocycles. The summed E-state index contributed by atoms with van der Waals surface area (Å²) in [5.41, 5.74) is 0.198. The zero-order valence-corrected chi connectivity index (χ0v) is 19.8. The lowest BCUT2D eigenvalue weighted by Gasteiger charge is -2.26. The van der Waals surface area contributed by atoms with E-state index in [1.54, 1.807) is 6.07 Å². The van der Waals surface area contributed by atoms with Crippen LogP contribution in [0.3, 0.4) is 0 Å². The quantitative estimate of drug-likeness (QED) is 0.513. The van der Waals surface area contributed by atoms with E-state index in [1.165, 1.54) is 12.3 Å². The standard InChI is InChI=1S/C25H35FN4O4/c1-2-33-23-15-20(3-5-22(23)34-14-11-29-9-12-32-13-10-29)16-27-18-25(31)7-8-30(19-25)24-6-4-21(26)17-28-24/h3-6,15,17,27,31H,2,7-14,16,18-19H2,1H3/t25-/m0/s1. The molecule has 0 bridgehead atoms. The Morgan fingerprint density at radius 3 is 2.76 bits per heavy atom. The molecule has 0 radical (unpaired) electrons. The third-order valence-corrected chi connectivity index (χ3v) is 6.23. The number of hydrogen-bond acceptors (Lipinski definition) is 8. The second kappa shape index (κ2) is 11.8. The summed E-state index contributed by atoms with van der Waals surface area (Å²) in [5, 5.41) is 14.3. The van der Waals surface area contributed by atoms with Gasteiger partial charge in [0.1, 0.15) is 18.2 Å². The van der Waals surface area contributed by atoms with Gasteiger partial charge in [-0.05, 0) is 43.2 Å². The van der Waals surface area contributed by atoms with Gasteiger partial charge >= 0.3 is 0 Å². The lowest BCUT2D eigenvalue weighted by atomic mass is 10.0. The first-order chi connectivity index (χ1) is 16.5. The van der Waals surface area contributed by atoms with Gasteiger partial charge in [0.05, 0.1) is 31.6 Å². The van der Waals surface area contributed by atoms with E-state index >= 15 is 0 Å². The molecular weight excluding hydrogens is 439 g/mol. The Labute approximate surface area is 200 Å². The van der Waals surface area contributed by atoms with Crippen LogP contribution in [0.1, 0.15) is 18.9 Å². The first-order valence-corrected chi connectivity index (χ1v) is 12.0. The van der Waals surface area contributed by atoms with E-state index in [4.69, 9.17) is 14.2 Å². The van der Waals surface area contributed by atoms with Gasteiger partial charge in [0.25, 0.3) is 0 Å².